The molecule has 0 atom stereocenters. The van der Waals surface area contributed by atoms with Gasteiger partial charge in [0, 0.05) is 22.6 Å². The molecule has 1 heterocycles. The zero-order valence-corrected chi connectivity index (χ0v) is 12.1. The second-order valence-corrected chi connectivity index (χ2v) is 5.15. The van der Waals surface area contributed by atoms with E-state index in [1.54, 1.807) is 18.3 Å². The summed E-state index contributed by atoms with van der Waals surface area (Å²) in [4.78, 5) is 27.0. The number of nitrogens with one attached hydrogen (secondary N) is 1. The lowest BCUT2D eigenvalue weighted by Crippen LogP contribution is -2.13. The molecule has 2 aromatic rings. The van der Waals surface area contributed by atoms with Gasteiger partial charge in [-0.3, -0.25) is 9.78 Å². The van der Waals surface area contributed by atoms with Crippen LogP contribution in [0.3, 0.4) is 0 Å². The van der Waals surface area contributed by atoms with E-state index < -0.39 is 5.97 Å². The number of hydrogen-bond acceptors (Lipinski definition) is 3. The number of aromatic carboxylic acids is 1. The molecule has 1 amide bonds. The average Bonchev–Trinajstić information content (AvgIpc) is 2.37. The Morgan fingerprint density at radius 1 is 1.15 bits per heavy atom. The van der Waals surface area contributed by atoms with E-state index in [0.717, 1.165) is 5.56 Å². The second-order valence-electron chi connectivity index (χ2n) is 4.24. The van der Waals surface area contributed by atoms with Crippen molar-refractivity contribution in [3.8, 4) is 0 Å². The molecule has 0 saturated carbocycles. The minimum atomic E-state index is -1.06. The van der Waals surface area contributed by atoms with Gasteiger partial charge in [-0.1, -0.05) is 15.9 Å². The van der Waals surface area contributed by atoms with Crippen LogP contribution in [0.1, 0.15) is 26.3 Å². The van der Waals surface area contributed by atoms with Crippen LogP contribution in [-0.2, 0) is 0 Å². The molecule has 102 valence electrons. The maximum Gasteiger partial charge on any atom is 0.335 e. The van der Waals surface area contributed by atoms with Crippen molar-refractivity contribution in [1.29, 1.82) is 0 Å². The van der Waals surface area contributed by atoms with E-state index >= 15 is 0 Å². The molecule has 0 saturated heterocycles. The van der Waals surface area contributed by atoms with Gasteiger partial charge in [0.25, 0.3) is 5.91 Å². The van der Waals surface area contributed by atoms with Crippen molar-refractivity contribution < 1.29 is 14.7 Å². The number of halogens is 1. The summed E-state index contributed by atoms with van der Waals surface area (Å²) < 4.78 is 0.579. The number of pyridine rings is 1. The number of aromatic nitrogens is 1. The van der Waals surface area contributed by atoms with Gasteiger partial charge < -0.3 is 10.4 Å². The Hall–Kier alpha value is -2.21. The molecule has 1 aromatic heterocycles. The molecule has 0 unspecified atom stereocenters. The maximum absolute atomic E-state index is 12.0. The lowest BCUT2D eigenvalue weighted by atomic mass is 10.2. The summed E-state index contributed by atoms with van der Waals surface area (Å²) in [5.74, 6) is -1.39. The van der Waals surface area contributed by atoms with Gasteiger partial charge >= 0.3 is 5.97 Å². The van der Waals surface area contributed by atoms with Crippen molar-refractivity contribution in [3.63, 3.8) is 0 Å². The van der Waals surface area contributed by atoms with Crippen molar-refractivity contribution in [3.05, 3.63) is 57.8 Å². The summed E-state index contributed by atoms with van der Waals surface area (Å²) in [5.41, 5.74) is 1.79. The Bertz CT molecular complexity index is 686. The number of aryl methyl sites for hydroxylation is 1. The number of hydrogen-bond donors (Lipinski definition) is 2. The Morgan fingerprint density at radius 2 is 1.90 bits per heavy atom. The van der Waals surface area contributed by atoms with Gasteiger partial charge in [0.1, 0.15) is 0 Å². The molecule has 20 heavy (non-hydrogen) atoms. The van der Waals surface area contributed by atoms with E-state index in [9.17, 15) is 9.59 Å². The molecule has 1 aromatic carbocycles. The normalized spacial score (nSPS) is 10.1. The fourth-order valence-corrected chi connectivity index (χ4v) is 2.16. The molecule has 5 nitrogen and oxygen atoms in total. The van der Waals surface area contributed by atoms with Crippen LogP contribution >= 0.6 is 15.9 Å². The second kappa shape index (κ2) is 5.83. The first-order chi connectivity index (χ1) is 9.45. The molecule has 0 spiro atoms. The quantitative estimate of drug-likeness (QED) is 0.903. The molecule has 0 bridgehead atoms. The van der Waals surface area contributed by atoms with E-state index in [2.05, 4.69) is 26.2 Å². The Balaban J connectivity index is 2.26. The van der Waals surface area contributed by atoms with Crippen molar-refractivity contribution in [1.82, 2.24) is 4.98 Å². The summed E-state index contributed by atoms with van der Waals surface area (Å²) in [6.07, 6.45) is 3.11. The summed E-state index contributed by atoms with van der Waals surface area (Å²) in [6.45, 7) is 1.84. The molecule has 0 aliphatic rings. The maximum atomic E-state index is 12.0. The zero-order valence-electron chi connectivity index (χ0n) is 10.6. The number of carbonyl (C=O) groups is 2. The van der Waals surface area contributed by atoms with E-state index in [0.29, 0.717) is 15.7 Å². The van der Waals surface area contributed by atoms with Crippen molar-refractivity contribution in [2.24, 2.45) is 0 Å². The monoisotopic (exact) mass is 334 g/mol. The first kappa shape index (κ1) is 14.2. The van der Waals surface area contributed by atoms with Gasteiger partial charge in [-0.25, -0.2) is 4.79 Å². The number of rotatable bonds is 3. The van der Waals surface area contributed by atoms with Gasteiger partial charge in [0.05, 0.1) is 11.1 Å². The Kier molecular flexibility index (Phi) is 4.14. The predicted octanol–water partition coefficient (Wildman–Crippen LogP) is 3.10. The lowest BCUT2D eigenvalue weighted by molar-refractivity contribution is 0.0696. The lowest BCUT2D eigenvalue weighted by Gasteiger charge is -2.07. The first-order valence-corrected chi connectivity index (χ1v) is 6.52. The zero-order chi connectivity index (χ0) is 14.7. The van der Waals surface area contributed by atoms with Crippen LogP contribution in [0, 0.1) is 6.92 Å². The third kappa shape index (κ3) is 3.42. The number of carboxylic acid groups (broad SMARTS) is 1. The van der Waals surface area contributed by atoms with Gasteiger partial charge in [-0.2, -0.15) is 0 Å². The van der Waals surface area contributed by atoms with Gasteiger partial charge in [-0.15, -0.1) is 0 Å². The van der Waals surface area contributed by atoms with Crippen LogP contribution in [0.4, 0.5) is 5.69 Å². The van der Waals surface area contributed by atoms with Crippen LogP contribution in [-0.4, -0.2) is 22.0 Å². The Labute approximate surface area is 123 Å². The Morgan fingerprint density at radius 3 is 2.55 bits per heavy atom. The minimum absolute atomic E-state index is 0.0945. The molecule has 6 heteroatoms. The van der Waals surface area contributed by atoms with Crippen molar-refractivity contribution >= 4 is 33.5 Å². The highest BCUT2D eigenvalue weighted by Crippen LogP contribution is 2.20. The number of carbonyl (C=O) groups excluding carboxylic acids is 1. The van der Waals surface area contributed by atoms with Gasteiger partial charge in [0.15, 0.2) is 0 Å². The van der Waals surface area contributed by atoms with E-state index in [1.165, 1.54) is 18.3 Å². The fraction of sp³-hybridized carbons (Fsp3) is 0.0714. The molecule has 0 aliphatic heterocycles. The molecule has 0 fully saturated rings. The highest BCUT2D eigenvalue weighted by molar-refractivity contribution is 9.10. The number of carboxylic acids is 1. The van der Waals surface area contributed by atoms with Gasteiger partial charge in [-0.05, 0) is 36.8 Å². The SMILES string of the molecule is Cc1cncc(C(=O)Nc2cc(Br)cc(C(=O)O)c2)c1. The van der Waals surface area contributed by atoms with Crippen LogP contribution in [0.5, 0.6) is 0 Å². The fourth-order valence-electron chi connectivity index (χ4n) is 1.67. The highest BCUT2D eigenvalue weighted by Gasteiger charge is 2.10. The third-order valence-corrected chi connectivity index (χ3v) is 3.00. The standard InChI is InChI=1S/C14H11BrN2O3/c1-8-2-10(7-16-6-8)13(18)17-12-4-9(14(19)20)3-11(15)5-12/h2-7H,1H3,(H,17,18)(H,19,20). The van der Waals surface area contributed by atoms with Crippen LogP contribution in [0.25, 0.3) is 0 Å². The first-order valence-electron chi connectivity index (χ1n) is 5.72. The largest absolute Gasteiger partial charge is 0.478 e. The number of anilines is 1. The van der Waals surface area contributed by atoms with Gasteiger partial charge in [0.2, 0.25) is 0 Å². The highest BCUT2D eigenvalue weighted by atomic mass is 79.9. The van der Waals surface area contributed by atoms with Crippen LogP contribution in [0.2, 0.25) is 0 Å². The van der Waals surface area contributed by atoms with Crippen molar-refractivity contribution in [2.75, 3.05) is 5.32 Å². The summed E-state index contributed by atoms with van der Waals surface area (Å²) >= 11 is 3.21. The molecule has 2 rings (SSSR count). The molecular weight excluding hydrogens is 324 g/mol. The number of benzene rings is 1. The third-order valence-electron chi connectivity index (χ3n) is 2.54. The molecule has 0 radical (unpaired) electrons. The van der Waals surface area contributed by atoms with E-state index in [1.807, 2.05) is 6.92 Å². The predicted molar refractivity (Wildman–Crippen MR) is 78.0 cm³/mol. The molecule has 2 N–H and O–H groups in total. The number of amides is 1. The summed E-state index contributed by atoms with van der Waals surface area (Å²) in [6, 6.07) is 6.20. The summed E-state index contributed by atoms with van der Waals surface area (Å²) in [7, 11) is 0. The van der Waals surface area contributed by atoms with Crippen LogP contribution in [0.15, 0.2) is 41.1 Å². The van der Waals surface area contributed by atoms with E-state index in [-0.39, 0.29) is 11.5 Å². The van der Waals surface area contributed by atoms with Crippen LogP contribution < -0.4 is 5.32 Å². The average molecular weight is 335 g/mol. The minimum Gasteiger partial charge on any atom is -0.478 e. The molecular formula is C14H11BrN2O3. The number of nitrogens with zero attached hydrogens (tertiary/aromatic N) is 1. The topological polar surface area (TPSA) is 79.3 Å². The molecule has 0 aliphatic carbocycles. The van der Waals surface area contributed by atoms with E-state index in [4.69, 9.17) is 5.11 Å². The summed E-state index contributed by atoms with van der Waals surface area (Å²) in [5, 5.41) is 11.6. The van der Waals surface area contributed by atoms with Crippen molar-refractivity contribution in [2.45, 2.75) is 6.92 Å². The smallest absolute Gasteiger partial charge is 0.335 e.